The fraction of sp³-hybridized carbons (Fsp3) is 0.158. The number of carbonyl (C=O) groups excluding carboxylic acids is 2. The zero-order valence-corrected chi connectivity index (χ0v) is 17.2. The summed E-state index contributed by atoms with van der Waals surface area (Å²) >= 11 is 4.32. The van der Waals surface area contributed by atoms with Gasteiger partial charge in [0, 0.05) is 10.9 Å². The van der Waals surface area contributed by atoms with Crippen molar-refractivity contribution in [3.8, 4) is 0 Å². The number of thioether (sulfide) groups is 1. The molecule has 28 heavy (non-hydrogen) atoms. The molecule has 2 N–H and O–H groups in total. The van der Waals surface area contributed by atoms with Crippen LogP contribution >= 0.6 is 27.7 Å². The van der Waals surface area contributed by atoms with Crippen LogP contribution in [0.3, 0.4) is 0 Å². The first-order valence-electron chi connectivity index (χ1n) is 8.28. The molecule has 1 aliphatic rings. The number of amidine groups is 1. The van der Waals surface area contributed by atoms with Gasteiger partial charge in [0.05, 0.1) is 11.4 Å². The summed E-state index contributed by atoms with van der Waals surface area (Å²) < 4.78 is 13.8. The van der Waals surface area contributed by atoms with E-state index in [4.69, 9.17) is 5.73 Å². The highest BCUT2D eigenvalue weighted by molar-refractivity contribution is 9.10. The van der Waals surface area contributed by atoms with Crippen molar-refractivity contribution in [1.82, 2.24) is 0 Å². The molecule has 0 bridgehead atoms. The quantitative estimate of drug-likeness (QED) is 0.324. The smallest absolute Gasteiger partial charge is 0.247 e. The largest absolute Gasteiger partial charge is 0.377 e. The molecule has 1 aliphatic heterocycles. The van der Waals surface area contributed by atoms with Gasteiger partial charge in [0.1, 0.15) is 11.1 Å². The highest BCUT2D eigenvalue weighted by Crippen LogP contribution is 2.30. The van der Waals surface area contributed by atoms with E-state index < -0.39 is 5.25 Å². The molecule has 9 heteroatoms. The number of halogens is 2. The predicted molar refractivity (Wildman–Crippen MR) is 113 cm³/mol. The van der Waals surface area contributed by atoms with Crippen LogP contribution in [0.2, 0.25) is 0 Å². The van der Waals surface area contributed by atoms with Gasteiger partial charge in [-0.05, 0) is 48.9 Å². The minimum absolute atomic E-state index is 0.0381. The van der Waals surface area contributed by atoms with Crippen LogP contribution < -0.4 is 10.6 Å². The summed E-state index contributed by atoms with van der Waals surface area (Å²) in [6.07, 6.45) is 0.0381. The molecule has 0 aliphatic carbocycles. The summed E-state index contributed by atoms with van der Waals surface area (Å²) in [6, 6.07) is 12.7. The molecule has 1 atom stereocenters. The summed E-state index contributed by atoms with van der Waals surface area (Å²) in [5.41, 5.74) is 7.64. The van der Waals surface area contributed by atoms with E-state index in [0.717, 1.165) is 21.1 Å². The monoisotopic (exact) mass is 462 g/mol. The van der Waals surface area contributed by atoms with E-state index >= 15 is 0 Å². The Hall–Kier alpha value is -2.52. The molecule has 2 aromatic rings. The van der Waals surface area contributed by atoms with E-state index in [1.54, 1.807) is 43.3 Å². The molecular weight excluding hydrogens is 447 g/mol. The van der Waals surface area contributed by atoms with E-state index in [2.05, 4.69) is 26.1 Å². The van der Waals surface area contributed by atoms with Gasteiger partial charge >= 0.3 is 0 Å². The van der Waals surface area contributed by atoms with E-state index in [-0.39, 0.29) is 29.2 Å². The Morgan fingerprint density at radius 3 is 2.43 bits per heavy atom. The van der Waals surface area contributed by atoms with Crippen molar-refractivity contribution in [2.45, 2.75) is 18.6 Å². The van der Waals surface area contributed by atoms with E-state index in [0.29, 0.717) is 17.0 Å². The average molecular weight is 463 g/mol. The number of nitrogens with zero attached hydrogens (tertiary/aromatic N) is 3. The zero-order valence-electron chi connectivity index (χ0n) is 14.8. The number of benzene rings is 2. The fourth-order valence-corrected chi connectivity index (χ4v) is 3.68. The molecule has 0 saturated carbocycles. The Morgan fingerprint density at radius 2 is 1.79 bits per heavy atom. The highest BCUT2D eigenvalue weighted by atomic mass is 79.9. The third kappa shape index (κ3) is 4.66. The Balaban J connectivity index is 1.69. The second kappa shape index (κ2) is 8.66. The lowest BCUT2D eigenvalue weighted by Crippen LogP contribution is -2.31. The van der Waals surface area contributed by atoms with Crippen molar-refractivity contribution in [2.24, 2.45) is 15.9 Å². The lowest BCUT2D eigenvalue weighted by molar-refractivity contribution is -0.121. The maximum Gasteiger partial charge on any atom is 0.247 e. The Labute approximate surface area is 173 Å². The third-order valence-electron chi connectivity index (χ3n) is 4.01. The summed E-state index contributed by atoms with van der Waals surface area (Å²) in [4.78, 5) is 26.1. The molecule has 0 spiro atoms. The Kier molecular flexibility index (Phi) is 6.25. The molecule has 6 nitrogen and oxygen atoms in total. The number of amides is 2. The number of imide groups is 1. The van der Waals surface area contributed by atoms with Gasteiger partial charge in [0.15, 0.2) is 5.17 Å². The summed E-state index contributed by atoms with van der Waals surface area (Å²) in [7, 11) is 0. The second-order valence-corrected chi connectivity index (χ2v) is 8.12. The van der Waals surface area contributed by atoms with Crippen molar-refractivity contribution < 1.29 is 14.0 Å². The first-order chi connectivity index (χ1) is 13.3. The number of carbonyl (C=O) groups is 2. The van der Waals surface area contributed by atoms with Gasteiger partial charge in [-0.25, -0.2) is 9.29 Å². The average Bonchev–Trinajstić information content (AvgIpc) is 2.94. The minimum atomic E-state index is -0.652. The highest BCUT2D eigenvalue weighted by Gasteiger charge is 2.40. The van der Waals surface area contributed by atoms with Gasteiger partial charge < -0.3 is 5.73 Å². The summed E-state index contributed by atoms with van der Waals surface area (Å²) in [5, 5.41) is 7.36. The molecule has 1 heterocycles. The first-order valence-corrected chi connectivity index (χ1v) is 9.95. The lowest BCUT2D eigenvalue weighted by atomic mass is 10.1. The number of anilines is 1. The summed E-state index contributed by atoms with van der Waals surface area (Å²) in [5.74, 6) is -0.965. The predicted octanol–water partition coefficient (Wildman–Crippen LogP) is 3.69. The molecule has 2 amide bonds. The zero-order chi connectivity index (χ0) is 20.3. The Morgan fingerprint density at radius 1 is 1.14 bits per heavy atom. The number of nitrogens with two attached hydrogens (primary N) is 1. The molecular formula is C19H16BrFN4O2S. The molecule has 2 aromatic carbocycles. The normalized spacial score (nSPS) is 18.1. The van der Waals surface area contributed by atoms with Crippen LogP contribution in [0.1, 0.15) is 18.9 Å². The van der Waals surface area contributed by atoms with Gasteiger partial charge in [-0.15, -0.1) is 5.10 Å². The SMILES string of the molecule is C/C(=N/N=C(N)S[C@H]1CC(=O)N(c2ccc(Br)cc2)C1=O)c1ccc(F)cc1. The molecule has 1 saturated heterocycles. The molecule has 1 fully saturated rings. The lowest BCUT2D eigenvalue weighted by Gasteiger charge is -2.14. The standard InChI is InChI=1S/C19H16BrFN4O2S/c1-11(12-2-6-14(21)7-3-12)23-24-19(22)28-16-10-17(26)25(18(16)27)15-8-4-13(20)5-9-15/h2-9,16H,10H2,1H3,(H2,22,24)/b23-11-/t16-/m0/s1. The minimum Gasteiger partial charge on any atom is -0.377 e. The van der Waals surface area contributed by atoms with E-state index in [1.165, 1.54) is 12.1 Å². The molecule has 144 valence electrons. The van der Waals surface area contributed by atoms with Crippen molar-refractivity contribution >= 4 is 56.1 Å². The van der Waals surface area contributed by atoms with Gasteiger partial charge in [0.25, 0.3) is 0 Å². The molecule has 0 unspecified atom stereocenters. The number of hydrogen-bond donors (Lipinski definition) is 1. The first kappa shape index (κ1) is 20.2. The van der Waals surface area contributed by atoms with Gasteiger partial charge in [-0.3, -0.25) is 9.59 Å². The van der Waals surface area contributed by atoms with Crippen LogP contribution in [-0.2, 0) is 9.59 Å². The van der Waals surface area contributed by atoms with Crippen LogP contribution in [0.25, 0.3) is 0 Å². The van der Waals surface area contributed by atoms with Crippen LogP contribution in [-0.4, -0.2) is 27.9 Å². The molecule has 0 radical (unpaired) electrons. The van der Waals surface area contributed by atoms with E-state index in [9.17, 15) is 14.0 Å². The molecule has 3 rings (SSSR count). The van der Waals surface area contributed by atoms with Gasteiger partial charge in [-0.1, -0.05) is 39.8 Å². The second-order valence-electron chi connectivity index (χ2n) is 5.98. The van der Waals surface area contributed by atoms with Crippen LogP contribution in [0.15, 0.2) is 63.2 Å². The van der Waals surface area contributed by atoms with Crippen molar-refractivity contribution in [3.63, 3.8) is 0 Å². The third-order valence-corrected chi connectivity index (χ3v) is 5.52. The maximum absolute atomic E-state index is 13.0. The summed E-state index contributed by atoms with van der Waals surface area (Å²) in [6.45, 7) is 1.72. The van der Waals surface area contributed by atoms with Crippen LogP contribution in [0.5, 0.6) is 0 Å². The number of hydrogen-bond acceptors (Lipinski definition) is 5. The fourth-order valence-electron chi connectivity index (χ4n) is 2.60. The Bertz CT molecular complexity index is 961. The van der Waals surface area contributed by atoms with E-state index in [1.807, 2.05) is 0 Å². The van der Waals surface area contributed by atoms with Crippen LogP contribution in [0.4, 0.5) is 10.1 Å². The maximum atomic E-state index is 13.0. The number of rotatable bonds is 4. The van der Waals surface area contributed by atoms with Crippen LogP contribution in [0, 0.1) is 5.82 Å². The van der Waals surface area contributed by atoms with Gasteiger partial charge in [0.2, 0.25) is 11.8 Å². The van der Waals surface area contributed by atoms with Crippen molar-refractivity contribution in [3.05, 3.63) is 64.4 Å². The molecule has 0 aromatic heterocycles. The van der Waals surface area contributed by atoms with Crippen molar-refractivity contribution in [1.29, 1.82) is 0 Å². The topological polar surface area (TPSA) is 88.1 Å². The van der Waals surface area contributed by atoms with Gasteiger partial charge in [-0.2, -0.15) is 5.10 Å². The van der Waals surface area contributed by atoms with Crippen molar-refractivity contribution in [2.75, 3.05) is 4.90 Å².